The normalized spacial score (nSPS) is 22.5. The lowest BCUT2D eigenvalue weighted by Crippen LogP contribution is -2.37. The number of nitrogens with zero attached hydrogens (tertiary/aromatic N) is 2. The van der Waals surface area contributed by atoms with E-state index in [1.807, 2.05) is 11.9 Å². The van der Waals surface area contributed by atoms with E-state index in [1.165, 1.54) is 12.1 Å². The largest absolute Gasteiger partial charge is 0.371 e. The second-order valence-electron chi connectivity index (χ2n) is 5.03. The van der Waals surface area contributed by atoms with Crippen molar-refractivity contribution >= 4 is 11.4 Å². The van der Waals surface area contributed by atoms with E-state index in [0.717, 1.165) is 25.3 Å². The minimum absolute atomic E-state index is 0.218. The minimum Gasteiger partial charge on any atom is -0.371 e. The highest BCUT2D eigenvalue weighted by Gasteiger charge is 2.30. The number of anilines is 1. The number of hydrogen-bond acceptors (Lipinski definition) is 4. The van der Waals surface area contributed by atoms with Crippen LogP contribution in [0.4, 0.5) is 15.8 Å². The van der Waals surface area contributed by atoms with E-state index in [9.17, 15) is 14.5 Å². The van der Waals surface area contributed by atoms with Gasteiger partial charge in [0.15, 0.2) is 0 Å². The number of hydrogen-bond donors (Lipinski definition) is 1. The molecule has 2 unspecified atom stereocenters. The van der Waals surface area contributed by atoms with Gasteiger partial charge in [-0.25, -0.2) is 4.39 Å². The lowest BCUT2D eigenvalue weighted by Gasteiger charge is -2.31. The lowest BCUT2D eigenvalue weighted by atomic mass is 10.0. The van der Waals surface area contributed by atoms with Crippen molar-refractivity contribution in [1.29, 1.82) is 0 Å². The highest BCUT2D eigenvalue weighted by molar-refractivity contribution is 5.54. The second kappa shape index (κ2) is 5.52. The van der Waals surface area contributed by atoms with Crippen LogP contribution in [0.1, 0.15) is 19.3 Å². The fourth-order valence-corrected chi connectivity index (χ4v) is 2.86. The van der Waals surface area contributed by atoms with Gasteiger partial charge in [-0.15, -0.1) is 0 Å². The van der Waals surface area contributed by atoms with E-state index in [4.69, 9.17) is 5.73 Å². The second-order valence-corrected chi connectivity index (χ2v) is 5.03. The first-order valence-electron chi connectivity index (χ1n) is 6.41. The number of rotatable bonds is 4. The standard InChI is InChI=1S/C13H18FN3O2/c1-16(13-4-2-3-9(13)8-15)11-5-10(14)6-12(7-11)17(18)19/h5-7,9,13H,2-4,8,15H2,1H3. The van der Waals surface area contributed by atoms with Crippen LogP contribution in [0.3, 0.4) is 0 Å². The summed E-state index contributed by atoms with van der Waals surface area (Å²) in [6.07, 6.45) is 3.14. The first-order chi connectivity index (χ1) is 9.02. The first-order valence-corrected chi connectivity index (χ1v) is 6.41. The molecule has 0 aliphatic heterocycles. The number of non-ortho nitro benzene ring substituents is 1. The maximum atomic E-state index is 13.5. The summed E-state index contributed by atoms with van der Waals surface area (Å²) >= 11 is 0. The Morgan fingerprint density at radius 3 is 2.84 bits per heavy atom. The van der Waals surface area contributed by atoms with Gasteiger partial charge in [-0.05, 0) is 31.4 Å². The number of nitrogens with two attached hydrogens (primary N) is 1. The van der Waals surface area contributed by atoms with Crippen LogP contribution in [0.25, 0.3) is 0 Å². The van der Waals surface area contributed by atoms with E-state index < -0.39 is 10.7 Å². The van der Waals surface area contributed by atoms with Crippen molar-refractivity contribution < 1.29 is 9.31 Å². The molecular formula is C13H18FN3O2. The molecule has 1 aliphatic carbocycles. The zero-order chi connectivity index (χ0) is 14.0. The van der Waals surface area contributed by atoms with Crippen LogP contribution in [0.5, 0.6) is 0 Å². The molecule has 1 aromatic carbocycles. The van der Waals surface area contributed by atoms with Crippen molar-refractivity contribution in [2.75, 3.05) is 18.5 Å². The maximum absolute atomic E-state index is 13.5. The van der Waals surface area contributed by atoms with Gasteiger partial charge in [0.1, 0.15) is 5.82 Å². The topological polar surface area (TPSA) is 72.4 Å². The Balaban J connectivity index is 2.28. The molecule has 1 aromatic rings. The zero-order valence-corrected chi connectivity index (χ0v) is 10.9. The van der Waals surface area contributed by atoms with Crippen LogP contribution in [0.15, 0.2) is 18.2 Å². The minimum atomic E-state index is -0.585. The van der Waals surface area contributed by atoms with Gasteiger partial charge in [0.05, 0.1) is 11.0 Å². The molecule has 2 atom stereocenters. The molecule has 0 aromatic heterocycles. The van der Waals surface area contributed by atoms with Crippen LogP contribution in [-0.2, 0) is 0 Å². The van der Waals surface area contributed by atoms with Gasteiger partial charge in [0.2, 0.25) is 0 Å². The van der Waals surface area contributed by atoms with Crippen LogP contribution in [-0.4, -0.2) is 24.6 Å². The summed E-state index contributed by atoms with van der Waals surface area (Å²) in [5.74, 6) is -0.217. The molecule has 1 fully saturated rings. The molecule has 1 aliphatic rings. The Kier molecular flexibility index (Phi) is 3.99. The third kappa shape index (κ3) is 2.84. The zero-order valence-electron chi connectivity index (χ0n) is 10.9. The summed E-state index contributed by atoms with van der Waals surface area (Å²) in [6, 6.07) is 3.91. The molecule has 5 nitrogen and oxygen atoms in total. The summed E-state index contributed by atoms with van der Waals surface area (Å²) in [6.45, 7) is 0.590. The number of halogens is 1. The molecular weight excluding hydrogens is 249 g/mol. The number of benzene rings is 1. The third-order valence-corrected chi connectivity index (χ3v) is 3.90. The summed E-state index contributed by atoms with van der Waals surface area (Å²) in [5, 5.41) is 10.8. The highest BCUT2D eigenvalue weighted by atomic mass is 19.1. The molecule has 19 heavy (non-hydrogen) atoms. The van der Waals surface area contributed by atoms with Gasteiger partial charge >= 0.3 is 0 Å². The van der Waals surface area contributed by atoms with Crippen molar-refractivity contribution in [3.05, 3.63) is 34.1 Å². The van der Waals surface area contributed by atoms with Crippen molar-refractivity contribution in [1.82, 2.24) is 0 Å². The molecule has 0 heterocycles. The summed E-state index contributed by atoms with van der Waals surface area (Å²) in [4.78, 5) is 12.1. The number of nitro groups is 1. The van der Waals surface area contributed by atoms with Crippen molar-refractivity contribution in [3.8, 4) is 0 Å². The number of nitro benzene ring substituents is 1. The van der Waals surface area contributed by atoms with Crippen molar-refractivity contribution in [2.24, 2.45) is 11.7 Å². The lowest BCUT2D eigenvalue weighted by molar-refractivity contribution is -0.385. The van der Waals surface area contributed by atoms with Gasteiger partial charge in [0, 0.05) is 24.8 Å². The smallest absolute Gasteiger partial charge is 0.274 e. The van der Waals surface area contributed by atoms with E-state index >= 15 is 0 Å². The Labute approximate surface area is 111 Å². The predicted molar refractivity (Wildman–Crippen MR) is 71.6 cm³/mol. The summed E-state index contributed by atoms with van der Waals surface area (Å²) in [7, 11) is 1.84. The van der Waals surface area contributed by atoms with E-state index in [2.05, 4.69) is 0 Å². The Morgan fingerprint density at radius 2 is 2.21 bits per heavy atom. The van der Waals surface area contributed by atoms with Gasteiger partial charge in [-0.3, -0.25) is 10.1 Å². The fraction of sp³-hybridized carbons (Fsp3) is 0.538. The molecule has 0 spiro atoms. The first kappa shape index (κ1) is 13.7. The Morgan fingerprint density at radius 1 is 1.47 bits per heavy atom. The molecule has 0 saturated heterocycles. The van der Waals surface area contributed by atoms with Crippen LogP contribution in [0.2, 0.25) is 0 Å². The maximum Gasteiger partial charge on any atom is 0.274 e. The summed E-state index contributed by atoms with van der Waals surface area (Å²) in [5.41, 5.74) is 6.06. The molecule has 0 radical (unpaired) electrons. The van der Waals surface area contributed by atoms with Crippen LogP contribution < -0.4 is 10.6 Å². The monoisotopic (exact) mass is 267 g/mol. The van der Waals surface area contributed by atoms with Gasteiger partial charge in [0.25, 0.3) is 5.69 Å². The predicted octanol–water partition coefficient (Wildman–Crippen LogP) is 2.30. The van der Waals surface area contributed by atoms with E-state index in [1.54, 1.807) is 0 Å². The molecule has 1 saturated carbocycles. The van der Waals surface area contributed by atoms with Gasteiger partial charge in [-0.2, -0.15) is 0 Å². The van der Waals surface area contributed by atoms with Crippen molar-refractivity contribution in [3.63, 3.8) is 0 Å². The summed E-state index contributed by atoms with van der Waals surface area (Å²) < 4.78 is 13.5. The highest BCUT2D eigenvalue weighted by Crippen LogP contribution is 2.33. The average molecular weight is 267 g/mol. The van der Waals surface area contributed by atoms with Crippen molar-refractivity contribution in [2.45, 2.75) is 25.3 Å². The Hall–Kier alpha value is -1.69. The van der Waals surface area contributed by atoms with E-state index in [-0.39, 0.29) is 11.7 Å². The Bertz CT molecular complexity index is 481. The molecule has 2 N–H and O–H groups in total. The molecule has 104 valence electrons. The van der Waals surface area contributed by atoms with Crippen LogP contribution >= 0.6 is 0 Å². The fourth-order valence-electron chi connectivity index (χ4n) is 2.86. The average Bonchev–Trinajstić information content (AvgIpc) is 2.85. The van der Waals surface area contributed by atoms with Gasteiger partial charge < -0.3 is 10.6 Å². The molecule has 0 amide bonds. The van der Waals surface area contributed by atoms with E-state index in [0.29, 0.717) is 18.2 Å². The molecule has 0 bridgehead atoms. The van der Waals surface area contributed by atoms with Crippen LogP contribution in [0, 0.1) is 21.8 Å². The molecule has 6 heteroatoms. The molecule has 2 rings (SSSR count). The quantitative estimate of drug-likeness (QED) is 0.671. The van der Waals surface area contributed by atoms with Gasteiger partial charge in [-0.1, -0.05) is 6.42 Å². The SMILES string of the molecule is CN(c1cc(F)cc([N+](=O)[O-])c1)C1CCCC1CN. The third-order valence-electron chi connectivity index (χ3n) is 3.90.